The number of morpholine rings is 1. The van der Waals surface area contributed by atoms with Crippen molar-refractivity contribution >= 4 is 37.5 Å². The highest BCUT2D eigenvalue weighted by molar-refractivity contribution is 7.89. The zero-order chi connectivity index (χ0) is 23.9. The second-order valence-corrected chi connectivity index (χ2v) is 10.8. The van der Waals surface area contributed by atoms with Crippen LogP contribution < -0.4 is 4.80 Å². The number of hydrogen-bond acceptors (Lipinski definition) is 5. The van der Waals surface area contributed by atoms with Crippen LogP contribution in [-0.4, -0.2) is 48.5 Å². The van der Waals surface area contributed by atoms with Crippen LogP contribution in [-0.2, 0) is 21.3 Å². The minimum Gasteiger partial charge on any atom is -0.373 e. The van der Waals surface area contributed by atoms with Gasteiger partial charge in [-0.05, 0) is 51.1 Å². The lowest BCUT2D eigenvalue weighted by Crippen LogP contribution is -2.48. The predicted octanol–water partition coefficient (Wildman–Crippen LogP) is 3.54. The summed E-state index contributed by atoms with van der Waals surface area (Å²) in [4.78, 5) is 17.1. The number of carbonyl (C=O) groups excluding carboxylic acids is 1. The molecule has 0 aliphatic carbocycles. The molecule has 1 fully saturated rings. The van der Waals surface area contributed by atoms with Gasteiger partial charge in [0.2, 0.25) is 10.0 Å². The molecule has 11 heteroatoms. The fourth-order valence-corrected chi connectivity index (χ4v) is 6.63. The van der Waals surface area contributed by atoms with E-state index in [4.69, 9.17) is 4.74 Å². The van der Waals surface area contributed by atoms with Crippen LogP contribution in [0.4, 0.5) is 8.78 Å². The topological polar surface area (TPSA) is 81.0 Å². The fraction of sp³-hybridized carbons (Fsp3) is 0.364. The number of halogens is 2. The van der Waals surface area contributed by atoms with Gasteiger partial charge in [-0.15, -0.1) is 0 Å². The SMILES string of the molecule is CCn1c(=NC(=O)c2ccc(S(=O)(=O)N3C[C@@H](C)O[C@@H](C)C3)cc2)sc2cc(F)cc(F)c21. The first-order chi connectivity index (χ1) is 15.6. The Kier molecular flexibility index (Phi) is 6.50. The molecule has 7 nitrogen and oxygen atoms in total. The van der Waals surface area contributed by atoms with Crippen LogP contribution in [0.2, 0.25) is 0 Å². The van der Waals surface area contributed by atoms with Crippen LogP contribution in [0.1, 0.15) is 31.1 Å². The second kappa shape index (κ2) is 9.05. The Bertz CT molecular complexity index is 1370. The minimum atomic E-state index is -3.73. The van der Waals surface area contributed by atoms with Crippen molar-refractivity contribution in [1.82, 2.24) is 8.87 Å². The van der Waals surface area contributed by atoms with E-state index in [-0.39, 0.29) is 46.1 Å². The van der Waals surface area contributed by atoms with Crippen molar-refractivity contribution < 1.29 is 26.7 Å². The first-order valence-corrected chi connectivity index (χ1v) is 12.7. The van der Waals surface area contributed by atoms with Gasteiger partial charge in [0.25, 0.3) is 5.91 Å². The number of ether oxygens (including phenoxy) is 1. The summed E-state index contributed by atoms with van der Waals surface area (Å²) >= 11 is 1.01. The number of benzene rings is 2. The number of thiazole rings is 1. The van der Waals surface area contributed by atoms with E-state index in [2.05, 4.69) is 4.99 Å². The van der Waals surface area contributed by atoms with Gasteiger partial charge in [-0.25, -0.2) is 17.2 Å². The van der Waals surface area contributed by atoms with E-state index in [9.17, 15) is 22.0 Å². The molecule has 0 spiro atoms. The van der Waals surface area contributed by atoms with Crippen molar-refractivity contribution in [3.63, 3.8) is 0 Å². The molecule has 0 radical (unpaired) electrons. The van der Waals surface area contributed by atoms with Crippen LogP contribution in [0.3, 0.4) is 0 Å². The molecule has 0 saturated carbocycles. The van der Waals surface area contributed by atoms with Crippen LogP contribution in [0.5, 0.6) is 0 Å². The predicted molar refractivity (Wildman–Crippen MR) is 121 cm³/mol. The summed E-state index contributed by atoms with van der Waals surface area (Å²) in [6.45, 7) is 6.25. The van der Waals surface area contributed by atoms with Gasteiger partial charge >= 0.3 is 0 Å². The van der Waals surface area contributed by atoms with Crippen molar-refractivity contribution in [1.29, 1.82) is 0 Å². The second-order valence-electron chi connectivity index (χ2n) is 7.88. The van der Waals surface area contributed by atoms with Crippen molar-refractivity contribution in [2.24, 2.45) is 4.99 Å². The smallest absolute Gasteiger partial charge is 0.279 e. The molecule has 1 aromatic heterocycles. The number of aromatic nitrogens is 1. The van der Waals surface area contributed by atoms with E-state index < -0.39 is 27.6 Å². The quantitative estimate of drug-likeness (QED) is 0.555. The van der Waals surface area contributed by atoms with Crippen molar-refractivity contribution in [2.45, 2.75) is 44.4 Å². The molecular formula is C22H23F2N3O4S2. The van der Waals surface area contributed by atoms with Crippen molar-refractivity contribution in [2.75, 3.05) is 13.1 Å². The number of nitrogens with zero attached hydrogens (tertiary/aromatic N) is 3. The van der Waals surface area contributed by atoms with Crippen LogP contribution in [0.25, 0.3) is 10.2 Å². The monoisotopic (exact) mass is 495 g/mol. The van der Waals surface area contributed by atoms with Gasteiger partial charge in [0, 0.05) is 31.3 Å². The number of fused-ring (bicyclic) bond motifs is 1. The lowest BCUT2D eigenvalue weighted by Gasteiger charge is -2.34. The molecule has 4 rings (SSSR count). The Morgan fingerprint density at radius 2 is 1.79 bits per heavy atom. The average Bonchev–Trinajstić information content (AvgIpc) is 3.10. The lowest BCUT2D eigenvalue weighted by molar-refractivity contribution is -0.0440. The molecule has 1 saturated heterocycles. The molecule has 33 heavy (non-hydrogen) atoms. The highest BCUT2D eigenvalue weighted by Gasteiger charge is 2.32. The summed E-state index contributed by atoms with van der Waals surface area (Å²) < 4.78 is 62.7. The summed E-state index contributed by atoms with van der Waals surface area (Å²) in [7, 11) is -3.73. The first kappa shape index (κ1) is 23.7. The summed E-state index contributed by atoms with van der Waals surface area (Å²) in [5.41, 5.74) is 0.371. The van der Waals surface area contributed by atoms with E-state index in [0.717, 1.165) is 17.4 Å². The molecule has 2 heterocycles. The number of rotatable bonds is 4. The summed E-state index contributed by atoms with van der Waals surface area (Å²) in [6, 6.07) is 7.53. The largest absolute Gasteiger partial charge is 0.373 e. The first-order valence-electron chi connectivity index (χ1n) is 10.4. The Morgan fingerprint density at radius 3 is 2.39 bits per heavy atom. The van der Waals surface area contributed by atoms with Crippen molar-refractivity contribution in [3.05, 3.63) is 58.4 Å². The zero-order valence-corrected chi connectivity index (χ0v) is 19.9. The molecular weight excluding hydrogens is 472 g/mol. The highest BCUT2D eigenvalue weighted by Crippen LogP contribution is 2.23. The Morgan fingerprint density at radius 1 is 1.15 bits per heavy atom. The standard InChI is InChI=1S/C22H23F2N3O4S2/c1-4-27-20-18(24)9-16(23)10-19(20)32-22(27)25-21(28)15-5-7-17(8-6-15)33(29,30)26-11-13(2)31-14(3)12-26/h5-10,13-14H,4,11-12H2,1-3H3/t13-,14+. The maximum Gasteiger partial charge on any atom is 0.279 e. The Balaban J connectivity index is 1.64. The minimum absolute atomic E-state index is 0.0726. The van der Waals surface area contributed by atoms with Crippen LogP contribution in [0, 0.1) is 11.6 Å². The van der Waals surface area contributed by atoms with Gasteiger partial charge in [-0.2, -0.15) is 9.30 Å². The number of hydrogen-bond donors (Lipinski definition) is 0. The number of aryl methyl sites for hydroxylation is 1. The summed E-state index contributed by atoms with van der Waals surface area (Å²) in [5, 5.41) is 0. The fourth-order valence-electron chi connectivity index (χ4n) is 3.90. The molecule has 3 aromatic rings. The number of sulfonamides is 1. The van der Waals surface area contributed by atoms with E-state index in [1.165, 1.54) is 39.2 Å². The molecule has 1 aliphatic rings. The van der Waals surface area contributed by atoms with Gasteiger partial charge in [-0.3, -0.25) is 4.79 Å². The molecule has 176 valence electrons. The van der Waals surface area contributed by atoms with Gasteiger partial charge in [0.1, 0.15) is 5.82 Å². The lowest BCUT2D eigenvalue weighted by atomic mass is 10.2. The molecule has 0 unspecified atom stereocenters. The van der Waals surface area contributed by atoms with Gasteiger partial charge in [0.05, 0.1) is 27.3 Å². The van der Waals surface area contributed by atoms with E-state index in [0.29, 0.717) is 11.2 Å². The normalized spacial score (nSPS) is 20.5. The van der Waals surface area contributed by atoms with Crippen LogP contribution >= 0.6 is 11.3 Å². The number of carbonyl (C=O) groups is 1. The molecule has 0 N–H and O–H groups in total. The van der Waals surface area contributed by atoms with Gasteiger partial charge < -0.3 is 9.30 Å². The maximum absolute atomic E-state index is 14.3. The summed E-state index contributed by atoms with van der Waals surface area (Å²) in [6.07, 6.45) is -0.430. The summed E-state index contributed by atoms with van der Waals surface area (Å²) in [5.74, 6) is -2.04. The molecule has 2 atom stereocenters. The zero-order valence-electron chi connectivity index (χ0n) is 18.3. The Hall–Kier alpha value is -2.47. The third kappa shape index (κ3) is 4.63. The van der Waals surface area contributed by atoms with E-state index >= 15 is 0 Å². The average molecular weight is 496 g/mol. The van der Waals surface area contributed by atoms with Gasteiger partial charge in [0.15, 0.2) is 10.6 Å². The third-order valence-corrected chi connectivity index (χ3v) is 8.21. The highest BCUT2D eigenvalue weighted by atomic mass is 32.2. The van der Waals surface area contributed by atoms with Crippen LogP contribution in [0.15, 0.2) is 46.3 Å². The Labute approximate surface area is 194 Å². The van der Waals surface area contributed by atoms with E-state index in [1.54, 1.807) is 6.92 Å². The molecule has 0 bridgehead atoms. The molecule has 2 aromatic carbocycles. The van der Waals surface area contributed by atoms with E-state index in [1.807, 2.05) is 13.8 Å². The van der Waals surface area contributed by atoms with Gasteiger partial charge in [-0.1, -0.05) is 11.3 Å². The number of amides is 1. The third-order valence-electron chi connectivity index (χ3n) is 5.33. The molecule has 1 aliphatic heterocycles. The maximum atomic E-state index is 14.3. The molecule has 1 amide bonds. The van der Waals surface area contributed by atoms with Crippen molar-refractivity contribution in [3.8, 4) is 0 Å².